The number of carbonyl (C=O) groups is 2. The van der Waals surface area contributed by atoms with Gasteiger partial charge >= 0.3 is 0 Å². The van der Waals surface area contributed by atoms with Gasteiger partial charge in [-0.05, 0) is 98.3 Å². The SMILES string of the molecule is CCCOc1ccc(NC(=O)CC2C(=O)N(c3ccc(OC)c(Cl)c3)C(=S)N2CCCN2CCN(c3ccc(OC)cc3)CC2)cc1. The third kappa shape index (κ3) is 8.46. The fraction of sp³-hybridized carbons (Fsp3) is 0.400. The molecule has 2 saturated heterocycles. The summed E-state index contributed by atoms with van der Waals surface area (Å²) in [5.41, 5.74) is 2.36. The zero-order valence-corrected chi connectivity index (χ0v) is 28.7. The van der Waals surface area contributed by atoms with E-state index in [1.807, 2.05) is 36.1 Å². The van der Waals surface area contributed by atoms with Crippen molar-refractivity contribution in [3.8, 4) is 17.2 Å². The first-order chi connectivity index (χ1) is 22.8. The molecule has 2 aliphatic rings. The summed E-state index contributed by atoms with van der Waals surface area (Å²) in [7, 11) is 3.21. The number of nitrogens with zero attached hydrogens (tertiary/aromatic N) is 4. The minimum atomic E-state index is -0.748. The predicted molar refractivity (Wildman–Crippen MR) is 190 cm³/mol. The lowest BCUT2D eigenvalue weighted by atomic mass is 10.1. The van der Waals surface area contributed by atoms with Crippen molar-refractivity contribution in [2.24, 2.45) is 0 Å². The Labute approximate surface area is 287 Å². The van der Waals surface area contributed by atoms with Crippen molar-refractivity contribution in [3.63, 3.8) is 0 Å². The number of methoxy groups -OCH3 is 2. The topological polar surface area (TPSA) is 86.8 Å². The van der Waals surface area contributed by atoms with Gasteiger partial charge in [-0.15, -0.1) is 0 Å². The van der Waals surface area contributed by atoms with Crippen LogP contribution < -0.4 is 29.3 Å². The molecule has 12 heteroatoms. The highest BCUT2D eigenvalue weighted by Gasteiger charge is 2.44. The summed E-state index contributed by atoms with van der Waals surface area (Å²) in [6.45, 7) is 7.76. The van der Waals surface area contributed by atoms with E-state index in [1.165, 1.54) is 17.7 Å². The first kappa shape index (κ1) is 34.3. The number of hydrogen-bond donors (Lipinski definition) is 1. The molecule has 5 rings (SSSR count). The Bertz CT molecular complexity index is 1530. The van der Waals surface area contributed by atoms with Crippen LogP contribution in [0.4, 0.5) is 17.1 Å². The highest BCUT2D eigenvalue weighted by atomic mass is 35.5. The molecule has 0 bridgehead atoms. The molecule has 0 spiro atoms. The molecule has 10 nitrogen and oxygen atoms in total. The predicted octanol–water partition coefficient (Wildman–Crippen LogP) is 5.69. The molecule has 1 atom stereocenters. The molecule has 0 aromatic heterocycles. The van der Waals surface area contributed by atoms with Crippen LogP contribution in [0.25, 0.3) is 0 Å². The van der Waals surface area contributed by atoms with E-state index in [0.29, 0.717) is 40.4 Å². The zero-order valence-electron chi connectivity index (χ0n) is 27.1. The second kappa shape index (κ2) is 16.2. The molecule has 3 aromatic rings. The molecule has 2 aliphatic heterocycles. The van der Waals surface area contributed by atoms with Crippen molar-refractivity contribution in [3.05, 3.63) is 71.8 Å². The molecule has 1 unspecified atom stereocenters. The first-order valence-electron chi connectivity index (χ1n) is 15.9. The molecule has 3 aromatic carbocycles. The molecule has 47 heavy (non-hydrogen) atoms. The number of anilines is 3. The molecule has 2 amide bonds. The first-order valence-corrected chi connectivity index (χ1v) is 16.7. The molecular weight excluding hydrogens is 638 g/mol. The average molecular weight is 680 g/mol. The summed E-state index contributed by atoms with van der Waals surface area (Å²) < 4.78 is 16.2. The maximum absolute atomic E-state index is 13.9. The van der Waals surface area contributed by atoms with Crippen molar-refractivity contribution in [1.82, 2.24) is 9.80 Å². The van der Waals surface area contributed by atoms with E-state index < -0.39 is 6.04 Å². The van der Waals surface area contributed by atoms with Gasteiger partial charge in [-0.25, -0.2) is 0 Å². The molecule has 0 saturated carbocycles. The van der Waals surface area contributed by atoms with Crippen molar-refractivity contribution in [1.29, 1.82) is 0 Å². The third-order valence-corrected chi connectivity index (χ3v) is 9.10. The molecule has 0 radical (unpaired) electrons. The van der Waals surface area contributed by atoms with Gasteiger partial charge in [0, 0.05) is 44.1 Å². The minimum absolute atomic E-state index is 0.0476. The number of piperazine rings is 1. The van der Waals surface area contributed by atoms with Gasteiger partial charge in [0.2, 0.25) is 5.91 Å². The Morgan fingerprint density at radius 2 is 1.60 bits per heavy atom. The van der Waals surface area contributed by atoms with E-state index in [1.54, 1.807) is 37.4 Å². The van der Waals surface area contributed by atoms with E-state index >= 15 is 0 Å². The van der Waals surface area contributed by atoms with Crippen LogP contribution in [0.2, 0.25) is 5.02 Å². The number of carbonyl (C=O) groups excluding carboxylic acids is 2. The molecule has 2 heterocycles. The summed E-state index contributed by atoms with van der Waals surface area (Å²) in [6.07, 6.45) is 1.64. The van der Waals surface area contributed by atoms with Crippen LogP contribution in [0.1, 0.15) is 26.2 Å². The Morgan fingerprint density at radius 1 is 0.915 bits per heavy atom. The normalized spacial score (nSPS) is 16.9. The second-order valence-corrected chi connectivity index (χ2v) is 12.3. The van der Waals surface area contributed by atoms with Gasteiger partial charge in [0.15, 0.2) is 5.11 Å². The van der Waals surface area contributed by atoms with Gasteiger partial charge in [0.1, 0.15) is 23.3 Å². The molecule has 250 valence electrons. The lowest BCUT2D eigenvalue weighted by Gasteiger charge is -2.36. The number of ether oxygens (including phenoxy) is 3. The summed E-state index contributed by atoms with van der Waals surface area (Å²) in [5.74, 6) is 1.55. The summed E-state index contributed by atoms with van der Waals surface area (Å²) in [6, 6.07) is 19.8. The van der Waals surface area contributed by atoms with Gasteiger partial charge in [-0.2, -0.15) is 0 Å². The monoisotopic (exact) mass is 679 g/mol. The summed E-state index contributed by atoms with van der Waals surface area (Å²) >= 11 is 12.3. The van der Waals surface area contributed by atoms with E-state index in [-0.39, 0.29) is 18.2 Å². The fourth-order valence-electron chi connectivity index (χ4n) is 5.85. The minimum Gasteiger partial charge on any atom is -0.497 e. The van der Waals surface area contributed by atoms with E-state index in [9.17, 15) is 9.59 Å². The Morgan fingerprint density at radius 3 is 2.23 bits per heavy atom. The van der Waals surface area contributed by atoms with E-state index in [4.69, 9.17) is 38.0 Å². The van der Waals surface area contributed by atoms with Crippen LogP contribution in [0, 0.1) is 0 Å². The maximum atomic E-state index is 13.9. The van der Waals surface area contributed by atoms with Gasteiger partial charge in [0.25, 0.3) is 5.91 Å². The van der Waals surface area contributed by atoms with Crippen molar-refractivity contribution >= 4 is 57.8 Å². The smallest absolute Gasteiger partial charge is 0.256 e. The average Bonchev–Trinajstić information content (AvgIpc) is 3.32. The van der Waals surface area contributed by atoms with Crippen LogP contribution in [0.15, 0.2) is 66.7 Å². The number of benzene rings is 3. The van der Waals surface area contributed by atoms with Crippen molar-refractivity contribution in [2.45, 2.75) is 32.2 Å². The maximum Gasteiger partial charge on any atom is 0.256 e. The van der Waals surface area contributed by atoms with E-state index in [0.717, 1.165) is 57.1 Å². The number of rotatable bonds is 14. The van der Waals surface area contributed by atoms with Crippen molar-refractivity contribution in [2.75, 3.05) is 75.2 Å². The Balaban J connectivity index is 1.22. The van der Waals surface area contributed by atoms with Gasteiger partial charge in [-0.3, -0.25) is 19.4 Å². The van der Waals surface area contributed by atoms with Crippen LogP contribution >= 0.6 is 23.8 Å². The zero-order chi connectivity index (χ0) is 33.3. The lowest BCUT2D eigenvalue weighted by molar-refractivity contribution is -0.124. The summed E-state index contributed by atoms with van der Waals surface area (Å²) in [4.78, 5) is 35.3. The molecule has 1 N–H and O–H groups in total. The molecule has 2 fully saturated rings. The van der Waals surface area contributed by atoms with Gasteiger partial charge in [0.05, 0.1) is 38.0 Å². The van der Waals surface area contributed by atoms with Crippen LogP contribution in [0.3, 0.4) is 0 Å². The Kier molecular flexibility index (Phi) is 11.8. The largest absolute Gasteiger partial charge is 0.497 e. The summed E-state index contributed by atoms with van der Waals surface area (Å²) in [5, 5.41) is 3.65. The highest BCUT2D eigenvalue weighted by Crippen LogP contribution is 2.33. The Hall–Kier alpha value is -4.06. The van der Waals surface area contributed by atoms with E-state index in [2.05, 4.69) is 27.2 Å². The number of thiocarbonyl (C=S) groups is 1. The quantitative estimate of drug-likeness (QED) is 0.216. The highest BCUT2D eigenvalue weighted by molar-refractivity contribution is 7.80. The standard InChI is InChI=1S/C35H42ClN5O5S/c1-4-22-46-29-11-6-25(7-12-29)37-33(42)24-31-34(43)41(27-10-15-32(45-3)30(36)23-27)35(47)40(31)17-5-16-38-18-20-39(21-19-38)26-8-13-28(44-2)14-9-26/h6-15,23,31H,4-5,16-22,24H2,1-3H3,(H,37,42). The van der Waals surface area contributed by atoms with Crippen LogP contribution in [-0.2, 0) is 9.59 Å². The molecular formula is C35H42ClN5O5S. The number of nitrogens with one attached hydrogen (secondary N) is 1. The number of hydrogen-bond acceptors (Lipinski definition) is 8. The van der Waals surface area contributed by atoms with Crippen LogP contribution in [-0.4, -0.2) is 92.9 Å². The molecule has 0 aliphatic carbocycles. The number of halogens is 1. The van der Waals surface area contributed by atoms with Crippen LogP contribution in [0.5, 0.6) is 17.2 Å². The second-order valence-electron chi connectivity index (χ2n) is 11.5. The van der Waals surface area contributed by atoms with Crippen molar-refractivity contribution < 1.29 is 23.8 Å². The number of amides is 2. The third-order valence-electron chi connectivity index (χ3n) is 8.39. The fourth-order valence-corrected chi connectivity index (χ4v) is 6.51. The lowest BCUT2D eigenvalue weighted by Crippen LogP contribution is -2.47. The van der Waals surface area contributed by atoms with Gasteiger partial charge in [-0.1, -0.05) is 18.5 Å². The van der Waals surface area contributed by atoms with Gasteiger partial charge < -0.3 is 29.3 Å².